The van der Waals surface area contributed by atoms with Gasteiger partial charge in [-0.25, -0.2) is 8.78 Å². The summed E-state index contributed by atoms with van der Waals surface area (Å²) < 4.78 is 38.4. The van der Waals surface area contributed by atoms with Crippen LogP contribution in [0.5, 0.6) is 0 Å². The third-order valence-electron chi connectivity index (χ3n) is 3.10. The van der Waals surface area contributed by atoms with E-state index in [1.807, 2.05) is 6.07 Å². The third kappa shape index (κ3) is 3.98. The first kappa shape index (κ1) is 16.3. The molecular formula is C16H15F2NO2S. The average molecular weight is 323 g/mol. The van der Waals surface area contributed by atoms with Gasteiger partial charge in [-0.1, -0.05) is 36.4 Å². The number of amides is 1. The Bertz CT molecular complexity index is 692. The Morgan fingerprint density at radius 2 is 1.82 bits per heavy atom. The molecule has 0 saturated carbocycles. The Hall–Kier alpha value is -2.08. The van der Waals surface area contributed by atoms with Gasteiger partial charge in [0.15, 0.2) is 11.6 Å². The summed E-state index contributed by atoms with van der Waals surface area (Å²) in [4.78, 5) is 12.2. The van der Waals surface area contributed by atoms with E-state index in [4.69, 9.17) is 0 Å². The summed E-state index contributed by atoms with van der Waals surface area (Å²) in [6.07, 6.45) is 1.52. The summed E-state index contributed by atoms with van der Waals surface area (Å²) >= 11 is 0. The van der Waals surface area contributed by atoms with Crippen LogP contribution in [0.25, 0.3) is 0 Å². The van der Waals surface area contributed by atoms with Gasteiger partial charge in [-0.3, -0.25) is 9.00 Å². The van der Waals surface area contributed by atoms with Crippen LogP contribution in [0.1, 0.15) is 22.0 Å². The Morgan fingerprint density at radius 1 is 1.14 bits per heavy atom. The first-order chi connectivity index (χ1) is 10.5. The maximum Gasteiger partial charge on any atom is 0.254 e. The minimum absolute atomic E-state index is 0.187. The van der Waals surface area contributed by atoms with Crippen molar-refractivity contribution >= 4 is 16.7 Å². The van der Waals surface area contributed by atoms with Gasteiger partial charge >= 0.3 is 0 Å². The third-order valence-corrected chi connectivity index (χ3v) is 3.91. The molecule has 22 heavy (non-hydrogen) atoms. The van der Waals surface area contributed by atoms with Crippen molar-refractivity contribution in [1.29, 1.82) is 0 Å². The number of halogens is 2. The van der Waals surface area contributed by atoms with Crippen molar-refractivity contribution in [2.24, 2.45) is 0 Å². The molecule has 0 radical (unpaired) electrons. The van der Waals surface area contributed by atoms with Crippen LogP contribution in [0.2, 0.25) is 0 Å². The van der Waals surface area contributed by atoms with Gasteiger partial charge in [0.05, 0.1) is 11.6 Å². The van der Waals surface area contributed by atoms with Crippen LogP contribution >= 0.6 is 0 Å². The fraction of sp³-hybridized carbons (Fsp3) is 0.188. The highest BCUT2D eigenvalue weighted by Gasteiger charge is 2.20. The maximum absolute atomic E-state index is 13.7. The molecule has 116 valence electrons. The standard InChI is InChI=1S/C16H15F2NO2S/c1-22(21)10-14(11-6-3-2-4-7-11)19-16(20)12-8-5-9-13(17)15(12)18/h2-9,14H,10H2,1H3,(H,19,20)/t14-,22+/m1/s1. The van der Waals surface area contributed by atoms with E-state index in [0.717, 1.165) is 11.6 Å². The number of nitrogens with one attached hydrogen (secondary N) is 1. The number of benzene rings is 2. The van der Waals surface area contributed by atoms with Crippen molar-refractivity contribution in [2.75, 3.05) is 12.0 Å². The minimum Gasteiger partial charge on any atom is -0.344 e. The first-order valence-electron chi connectivity index (χ1n) is 6.59. The van der Waals surface area contributed by atoms with Crippen molar-refractivity contribution in [3.05, 3.63) is 71.3 Å². The zero-order chi connectivity index (χ0) is 16.1. The fourth-order valence-corrected chi connectivity index (χ4v) is 2.80. The molecule has 0 aliphatic rings. The monoisotopic (exact) mass is 323 g/mol. The number of carbonyl (C=O) groups excluding carboxylic acids is 1. The lowest BCUT2D eigenvalue weighted by molar-refractivity contribution is 0.0935. The largest absolute Gasteiger partial charge is 0.344 e. The van der Waals surface area contributed by atoms with Crippen LogP contribution in [0, 0.1) is 11.6 Å². The second-order valence-corrected chi connectivity index (χ2v) is 6.26. The SMILES string of the molecule is C[S@](=O)C[C@@H](NC(=O)c1cccc(F)c1F)c1ccccc1. The maximum atomic E-state index is 13.7. The second kappa shape index (κ2) is 7.26. The predicted octanol–water partition coefficient (Wildman–Crippen LogP) is 2.81. The summed E-state index contributed by atoms with van der Waals surface area (Å²) in [5.41, 5.74) is 0.380. The van der Waals surface area contributed by atoms with Gasteiger partial charge in [0.25, 0.3) is 5.91 Å². The normalized spacial score (nSPS) is 13.4. The first-order valence-corrected chi connectivity index (χ1v) is 8.31. The zero-order valence-electron chi connectivity index (χ0n) is 11.9. The number of carbonyl (C=O) groups is 1. The molecule has 3 nitrogen and oxygen atoms in total. The molecule has 0 unspecified atom stereocenters. The van der Waals surface area contributed by atoms with Crippen LogP contribution in [-0.4, -0.2) is 22.1 Å². The number of rotatable bonds is 5. The van der Waals surface area contributed by atoms with Crippen molar-refractivity contribution in [3.63, 3.8) is 0 Å². The van der Waals surface area contributed by atoms with E-state index in [1.165, 1.54) is 18.4 Å². The van der Waals surface area contributed by atoms with E-state index in [0.29, 0.717) is 0 Å². The molecule has 0 heterocycles. The topological polar surface area (TPSA) is 46.2 Å². The van der Waals surface area contributed by atoms with Gasteiger partial charge in [0, 0.05) is 22.8 Å². The molecular weight excluding hydrogens is 308 g/mol. The average Bonchev–Trinajstić information content (AvgIpc) is 2.49. The van der Waals surface area contributed by atoms with E-state index in [-0.39, 0.29) is 11.3 Å². The summed E-state index contributed by atoms with van der Waals surface area (Å²) in [5.74, 6) is -2.82. The van der Waals surface area contributed by atoms with Crippen LogP contribution in [-0.2, 0) is 10.8 Å². The van der Waals surface area contributed by atoms with E-state index < -0.39 is 34.4 Å². The summed E-state index contributed by atoms with van der Waals surface area (Å²) in [6, 6.07) is 11.8. The highest BCUT2D eigenvalue weighted by molar-refractivity contribution is 7.84. The number of hydrogen-bond donors (Lipinski definition) is 1. The molecule has 0 aliphatic carbocycles. The molecule has 2 aromatic carbocycles. The molecule has 0 aliphatic heterocycles. The lowest BCUT2D eigenvalue weighted by Gasteiger charge is -2.18. The van der Waals surface area contributed by atoms with Crippen molar-refractivity contribution in [1.82, 2.24) is 5.32 Å². The molecule has 2 atom stereocenters. The molecule has 0 saturated heterocycles. The van der Waals surface area contributed by atoms with Gasteiger partial charge in [-0.2, -0.15) is 0 Å². The summed E-state index contributed by atoms with van der Waals surface area (Å²) in [7, 11) is -1.16. The van der Waals surface area contributed by atoms with Crippen molar-refractivity contribution < 1.29 is 17.8 Å². The highest BCUT2D eigenvalue weighted by atomic mass is 32.2. The minimum atomic E-state index is -1.19. The van der Waals surface area contributed by atoms with Crippen molar-refractivity contribution in [3.8, 4) is 0 Å². The van der Waals surface area contributed by atoms with Crippen molar-refractivity contribution in [2.45, 2.75) is 6.04 Å². The predicted molar refractivity (Wildman–Crippen MR) is 81.9 cm³/mol. The molecule has 1 amide bonds. The molecule has 1 N–H and O–H groups in total. The van der Waals surface area contributed by atoms with Gasteiger partial charge < -0.3 is 5.32 Å². The lowest BCUT2D eigenvalue weighted by atomic mass is 10.1. The van der Waals surface area contributed by atoms with E-state index >= 15 is 0 Å². The Kier molecular flexibility index (Phi) is 5.38. The van der Waals surface area contributed by atoms with E-state index in [2.05, 4.69) is 5.32 Å². The Labute approximate surface area is 129 Å². The molecule has 6 heteroatoms. The van der Waals surface area contributed by atoms with Crippen LogP contribution in [0.4, 0.5) is 8.78 Å². The molecule has 2 aromatic rings. The molecule has 0 aromatic heterocycles. The Morgan fingerprint density at radius 3 is 2.45 bits per heavy atom. The zero-order valence-corrected chi connectivity index (χ0v) is 12.7. The fourth-order valence-electron chi connectivity index (χ4n) is 2.06. The molecule has 0 spiro atoms. The second-order valence-electron chi connectivity index (χ2n) is 4.78. The van der Waals surface area contributed by atoms with E-state index in [1.54, 1.807) is 24.3 Å². The quantitative estimate of drug-likeness (QED) is 0.920. The lowest BCUT2D eigenvalue weighted by Crippen LogP contribution is -2.32. The smallest absolute Gasteiger partial charge is 0.254 e. The summed E-state index contributed by atoms with van der Waals surface area (Å²) in [5, 5.41) is 2.61. The van der Waals surface area contributed by atoms with Gasteiger partial charge in [-0.15, -0.1) is 0 Å². The number of hydrogen-bond acceptors (Lipinski definition) is 2. The molecule has 0 bridgehead atoms. The molecule has 2 rings (SSSR count). The van der Waals surface area contributed by atoms with Crippen LogP contribution in [0.3, 0.4) is 0 Å². The Balaban J connectivity index is 2.25. The van der Waals surface area contributed by atoms with Gasteiger partial charge in [0.1, 0.15) is 0 Å². The summed E-state index contributed by atoms with van der Waals surface area (Å²) in [6.45, 7) is 0. The van der Waals surface area contributed by atoms with Crippen LogP contribution < -0.4 is 5.32 Å². The van der Waals surface area contributed by atoms with E-state index in [9.17, 15) is 17.8 Å². The molecule has 0 fully saturated rings. The highest BCUT2D eigenvalue weighted by Crippen LogP contribution is 2.17. The van der Waals surface area contributed by atoms with Crippen LogP contribution in [0.15, 0.2) is 48.5 Å². The van der Waals surface area contributed by atoms with Gasteiger partial charge in [0.2, 0.25) is 0 Å². The van der Waals surface area contributed by atoms with Gasteiger partial charge in [-0.05, 0) is 17.7 Å².